The second-order valence-electron chi connectivity index (χ2n) is 9.82. The summed E-state index contributed by atoms with van der Waals surface area (Å²) in [4.78, 5) is 25.4. The lowest BCUT2D eigenvalue weighted by Gasteiger charge is -2.35. The van der Waals surface area contributed by atoms with Crippen molar-refractivity contribution in [2.75, 3.05) is 63.8 Å². The van der Waals surface area contributed by atoms with Gasteiger partial charge < -0.3 is 30.3 Å². The van der Waals surface area contributed by atoms with Gasteiger partial charge in [0.1, 0.15) is 29.8 Å². The number of hydrogen-bond acceptors (Lipinski definition) is 10. The molecule has 2 fully saturated rings. The highest BCUT2D eigenvalue weighted by Crippen LogP contribution is 2.30. The molecule has 1 amide bonds. The minimum atomic E-state index is -0.510. The Labute approximate surface area is 218 Å². The zero-order valence-corrected chi connectivity index (χ0v) is 21.9. The Hall–Kier alpha value is -3.44. The number of piperidine rings is 1. The van der Waals surface area contributed by atoms with Gasteiger partial charge in [-0.05, 0) is 71.4 Å². The second kappa shape index (κ2) is 12.2. The highest BCUT2D eigenvalue weighted by Gasteiger charge is 2.23. The van der Waals surface area contributed by atoms with Crippen LogP contribution in [0.25, 0.3) is 0 Å². The molecule has 2 heterocycles. The molecule has 11 nitrogen and oxygen atoms in total. The van der Waals surface area contributed by atoms with Gasteiger partial charge in [-0.3, -0.25) is 10.7 Å². The van der Waals surface area contributed by atoms with Crippen LogP contribution in [-0.2, 0) is 4.74 Å². The minimum absolute atomic E-state index is 0.0182. The number of aromatic nitrogens is 2. The molecule has 1 aromatic heterocycles. The van der Waals surface area contributed by atoms with E-state index in [4.69, 9.17) is 20.6 Å². The summed E-state index contributed by atoms with van der Waals surface area (Å²) in [5, 5.41) is 15.0. The van der Waals surface area contributed by atoms with Gasteiger partial charge in [-0.25, -0.2) is 14.8 Å². The first kappa shape index (κ1) is 26.6. The Bertz CT molecular complexity index is 1100. The lowest BCUT2D eigenvalue weighted by atomic mass is 9.96. The molecule has 1 aliphatic heterocycles. The third-order valence-electron chi connectivity index (χ3n) is 7.19. The van der Waals surface area contributed by atoms with Crippen molar-refractivity contribution in [2.24, 2.45) is 0 Å². The summed E-state index contributed by atoms with van der Waals surface area (Å²) in [7, 11) is 5.79. The number of ether oxygens (including phenoxy) is 2. The lowest BCUT2D eigenvalue weighted by Crippen LogP contribution is -2.43. The molecular weight excluding hydrogens is 472 g/mol. The molecule has 2 aliphatic rings. The number of hydrogen-bond donors (Lipinski definition) is 4. The molecule has 200 valence electrons. The average molecular weight is 511 g/mol. The highest BCUT2D eigenvalue weighted by atomic mass is 16.6. The maximum atomic E-state index is 12.2. The smallest absolute Gasteiger partial charge is 0.412 e. The van der Waals surface area contributed by atoms with Crippen LogP contribution >= 0.6 is 0 Å². The van der Waals surface area contributed by atoms with E-state index in [-0.39, 0.29) is 17.6 Å². The van der Waals surface area contributed by atoms with E-state index in [1.165, 1.54) is 13.4 Å². The van der Waals surface area contributed by atoms with Gasteiger partial charge in [0.15, 0.2) is 0 Å². The Morgan fingerprint density at radius 3 is 2.62 bits per heavy atom. The number of carbonyl (C=O) groups excluding carboxylic acids is 1. The van der Waals surface area contributed by atoms with Gasteiger partial charge in [-0.2, -0.15) is 0 Å². The van der Waals surface area contributed by atoms with E-state index in [0.29, 0.717) is 41.0 Å². The molecule has 37 heavy (non-hydrogen) atoms. The van der Waals surface area contributed by atoms with E-state index in [0.717, 1.165) is 51.7 Å². The molecule has 0 spiro atoms. The lowest BCUT2D eigenvalue weighted by molar-refractivity contribution is 0.0623. The summed E-state index contributed by atoms with van der Waals surface area (Å²) in [6, 6.07) is 5.75. The van der Waals surface area contributed by atoms with Gasteiger partial charge in [0.05, 0.1) is 24.1 Å². The topological polar surface area (TPSA) is 142 Å². The average Bonchev–Trinajstić information content (AvgIpc) is 2.86. The maximum Gasteiger partial charge on any atom is 0.412 e. The highest BCUT2D eigenvalue weighted by molar-refractivity contribution is 6.16. The van der Waals surface area contributed by atoms with Crippen LogP contribution in [0.4, 0.5) is 22.1 Å². The Kier molecular flexibility index (Phi) is 8.78. The fourth-order valence-electron chi connectivity index (χ4n) is 4.65. The fourth-order valence-corrected chi connectivity index (χ4v) is 4.65. The minimum Gasteiger partial charge on any atom is -0.495 e. The first-order chi connectivity index (χ1) is 17.9. The summed E-state index contributed by atoms with van der Waals surface area (Å²) in [5.74, 6) is 1.16. The number of rotatable bonds is 10. The summed E-state index contributed by atoms with van der Waals surface area (Å²) in [6.07, 6.45) is 6.07. The van der Waals surface area contributed by atoms with Crippen molar-refractivity contribution >= 4 is 29.1 Å². The number of methoxy groups -OCH3 is 1. The van der Waals surface area contributed by atoms with Crippen molar-refractivity contribution in [1.29, 1.82) is 5.41 Å². The number of carbonyl (C=O) groups is 1. The Morgan fingerprint density at radius 2 is 1.97 bits per heavy atom. The summed E-state index contributed by atoms with van der Waals surface area (Å²) in [5.41, 5.74) is 7.82. The number of amides is 1. The molecular formula is C26H38N8O3. The Morgan fingerprint density at radius 1 is 1.22 bits per heavy atom. The molecule has 0 unspecified atom stereocenters. The van der Waals surface area contributed by atoms with Crippen molar-refractivity contribution in [2.45, 2.75) is 44.2 Å². The quantitative estimate of drug-likeness (QED) is 0.355. The van der Waals surface area contributed by atoms with Gasteiger partial charge >= 0.3 is 6.09 Å². The van der Waals surface area contributed by atoms with E-state index in [9.17, 15) is 4.79 Å². The van der Waals surface area contributed by atoms with Crippen molar-refractivity contribution in [3.63, 3.8) is 0 Å². The van der Waals surface area contributed by atoms with Gasteiger partial charge in [-0.1, -0.05) is 6.07 Å². The number of nitrogen functional groups attached to an aromatic ring is 1. The second-order valence-corrected chi connectivity index (χ2v) is 9.82. The van der Waals surface area contributed by atoms with Gasteiger partial charge in [0.25, 0.3) is 0 Å². The molecule has 0 radical (unpaired) electrons. The van der Waals surface area contributed by atoms with Crippen molar-refractivity contribution in [3.05, 3.63) is 35.7 Å². The summed E-state index contributed by atoms with van der Waals surface area (Å²) in [6.45, 7) is 3.68. The van der Waals surface area contributed by atoms with Crippen molar-refractivity contribution in [3.8, 4) is 5.75 Å². The molecule has 2 aromatic rings. The van der Waals surface area contributed by atoms with Gasteiger partial charge in [0.2, 0.25) is 0 Å². The monoisotopic (exact) mass is 510 g/mol. The molecule has 0 bridgehead atoms. The summed E-state index contributed by atoms with van der Waals surface area (Å²) >= 11 is 0. The number of nitrogens with zero attached hydrogens (tertiary/aromatic N) is 4. The van der Waals surface area contributed by atoms with Crippen LogP contribution in [0.2, 0.25) is 0 Å². The van der Waals surface area contributed by atoms with Crippen LogP contribution in [0.3, 0.4) is 0 Å². The first-order valence-electron chi connectivity index (χ1n) is 12.8. The van der Waals surface area contributed by atoms with Crippen LogP contribution in [0.15, 0.2) is 24.5 Å². The predicted octanol–water partition coefficient (Wildman–Crippen LogP) is 3.02. The van der Waals surface area contributed by atoms with E-state index >= 15 is 0 Å². The van der Waals surface area contributed by atoms with Gasteiger partial charge in [0, 0.05) is 24.7 Å². The first-order valence-corrected chi connectivity index (χ1v) is 12.8. The number of anilines is 3. The SMILES string of the molecule is COc1cc(C(=N)c2c(N)ncnc2NCCN2CCC(N(C)C)CC2)ccc1NC(=O)OC1CCC1. The molecule has 1 aliphatic carbocycles. The van der Waals surface area contributed by atoms with Crippen LogP contribution in [0.5, 0.6) is 5.75 Å². The fraction of sp³-hybridized carbons (Fsp3) is 0.538. The summed E-state index contributed by atoms with van der Waals surface area (Å²) < 4.78 is 10.8. The van der Waals surface area contributed by atoms with Crippen LogP contribution in [-0.4, -0.2) is 91.1 Å². The molecule has 5 N–H and O–H groups in total. The molecule has 1 aromatic carbocycles. The molecule has 4 rings (SSSR count). The van der Waals surface area contributed by atoms with Crippen molar-refractivity contribution < 1.29 is 14.3 Å². The normalized spacial score (nSPS) is 16.8. The van der Waals surface area contributed by atoms with Crippen LogP contribution in [0, 0.1) is 5.41 Å². The van der Waals surface area contributed by atoms with Crippen LogP contribution < -0.4 is 21.1 Å². The molecule has 1 saturated carbocycles. The van der Waals surface area contributed by atoms with Crippen LogP contribution in [0.1, 0.15) is 43.2 Å². The third kappa shape index (κ3) is 6.66. The van der Waals surface area contributed by atoms with Crippen molar-refractivity contribution in [1.82, 2.24) is 19.8 Å². The molecule has 1 saturated heterocycles. The maximum absolute atomic E-state index is 12.2. The van der Waals surface area contributed by atoms with E-state index in [1.807, 2.05) is 0 Å². The Balaban J connectivity index is 1.41. The molecule has 11 heteroatoms. The standard InChI is InChI=1S/C26H38N8O3/c1-33(2)18-9-12-34(13-10-18)14-11-29-25-22(24(28)30-16-31-25)23(27)17-7-8-20(21(15-17)36-3)32-26(35)37-19-5-4-6-19/h7-8,15-16,18-19,27H,4-6,9-14H2,1-3H3,(H,32,35)(H3,28,29,30,31). The largest absolute Gasteiger partial charge is 0.495 e. The van der Waals surface area contributed by atoms with E-state index in [2.05, 4.69) is 44.5 Å². The molecule has 0 atom stereocenters. The predicted molar refractivity (Wildman–Crippen MR) is 145 cm³/mol. The number of benzene rings is 1. The zero-order chi connectivity index (χ0) is 26.4. The van der Waals surface area contributed by atoms with Gasteiger partial charge in [-0.15, -0.1) is 0 Å². The van der Waals surface area contributed by atoms with E-state index in [1.54, 1.807) is 18.2 Å². The number of likely N-dealkylation sites (tertiary alicyclic amines) is 1. The van der Waals surface area contributed by atoms with E-state index < -0.39 is 6.09 Å². The number of nitrogens with one attached hydrogen (secondary N) is 3. The number of nitrogens with two attached hydrogens (primary N) is 1. The third-order valence-corrected chi connectivity index (χ3v) is 7.19. The zero-order valence-electron chi connectivity index (χ0n) is 21.9.